The molecule has 0 amide bonds. The molecule has 0 spiro atoms. The second-order valence-electron chi connectivity index (χ2n) is 7.98. The third-order valence-electron chi connectivity index (χ3n) is 6.23. The molecule has 33 heavy (non-hydrogen) atoms. The number of ether oxygens (including phenoxy) is 1. The average molecular weight is 495 g/mol. The predicted octanol–water partition coefficient (Wildman–Crippen LogP) is 6.67. The Balaban J connectivity index is 1.68. The quantitative estimate of drug-likeness (QED) is 0.373. The van der Waals surface area contributed by atoms with Crippen molar-refractivity contribution in [1.82, 2.24) is 0 Å². The first-order valence-electron chi connectivity index (χ1n) is 10.2. The number of anilines is 1. The first-order chi connectivity index (χ1) is 16.0. The van der Waals surface area contributed by atoms with E-state index in [1.807, 2.05) is 35.2 Å². The molecule has 162 valence electrons. The number of carbonyl (C=O) groups is 2. The Labute approximate surface area is 204 Å². The van der Waals surface area contributed by atoms with Gasteiger partial charge in [-0.3, -0.25) is 4.79 Å². The summed E-state index contributed by atoms with van der Waals surface area (Å²) in [6.45, 7) is 0.0889. The first-order valence-corrected chi connectivity index (χ1v) is 11.4. The summed E-state index contributed by atoms with van der Waals surface area (Å²) < 4.78 is 5.49. The van der Waals surface area contributed by atoms with Crippen molar-refractivity contribution in [3.05, 3.63) is 115 Å². The summed E-state index contributed by atoms with van der Waals surface area (Å²) >= 11 is 18.9. The Morgan fingerprint density at radius 1 is 0.818 bits per heavy atom. The van der Waals surface area contributed by atoms with Crippen LogP contribution in [0.15, 0.2) is 83.6 Å². The van der Waals surface area contributed by atoms with Gasteiger partial charge >= 0.3 is 5.97 Å². The van der Waals surface area contributed by atoms with E-state index >= 15 is 0 Å². The normalized spacial score (nSPS) is 19.0. The third-order valence-corrected chi connectivity index (χ3v) is 7.04. The minimum absolute atomic E-state index is 0.0889. The molecule has 1 aliphatic carbocycles. The van der Waals surface area contributed by atoms with Crippen LogP contribution in [0.25, 0.3) is 5.70 Å². The highest BCUT2D eigenvalue weighted by molar-refractivity contribution is 6.35. The smallest absolute Gasteiger partial charge is 0.337 e. The van der Waals surface area contributed by atoms with Crippen LogP contribution < -0.4 is 4.90 Å². The van der Waals surface area contributed by atoms with Crippen LogP contribution >= 0.6 is 34.8 Å². The number of hydrogen-bond donors (Lipinski definition) is 0. The second-order valence-corrected chi connectivity index (χ2v) is 9.26. The fraction of sp³-hybridized carbons (Fsp3) is 0.0769. The Morgan fingerprint density at radius 3 is 2.24 bits per heavy atom. The van der Waals surface area contributed by atoms with E-state index in [1.165, 1.54) is 0 Å². The van der Waals surface area contributed by atoms with Crippen LogP contribution in [-0.4, -0.2) is 18.4 Å². The summed E-state index contributed by atoms with van der Waals surface area (Å²) in [6.07, 6.45) is 0. The van der Waals surface area contributed by atoms with Crippen molar-refractivity contribution in [3.63, 3.8) is 0 Å². The largest absolute Gasteiger partial charge is 0.456 e. The zero-order chi connectivity index (χ0) is 22.9. The van der Waals surface area contributed by atoms with Crippen molar-refractivity contribution < 1.29 is 14.3 Å². The molecule has 3 aromatic carbocycles. The number of carbonyl (C=O) groups excluding carboxylic acids is 2. The van der Waals surface area contributed by atoms with Crippen LogP contribution in [0.3, 0.4) is 0 Å². The molecule has 3 aliphatic rings. The lowest BCUT2D eigenvalue weighted by molar-refractivity contribution is -0.136. The van der Waals surface area contributed by atoms with Crippen molar-refractivity contribution in [2.75, 3.05) is 11.5 Å². The van der Waals surface area contributed by atoms with Crippen LogP contribution in [0, 0.1) is 0 Å². The number of hydrogen-bond acceptors (Lipinski definition) is 4. The van der Waals surface area contributed by atoms with Crippen molar-refractivity contribution in [2.45, 2.75) is 5.92 Å². The maximum atomic E-state index is 13.8. The standard InChI is InChI=1S/C26H14Cl3NO3/c27-13-5-8-15(9-6-13)30-20-12-33-26(32)22(20)21(18-10-7-14(28)11-19(18)29)23-24(30)16-3-1-2-4-17(16)25(23)31/h1-11,21H,12H2. The van der Waals surface area contributed by atoms with Crippen molar-refractivity contribution >= 4 is 57.9 Å². The number of rotatable bonds is 2. The van der Waals surface area contributed by atoms with E-state index in [9.17, 15) is 9.59 Å². The summed E-state index contributed by atoms with van der Waals surface area (Å²) in [4.78, 5) is 28.7. The zero-order valence-electron chi connectivity index (χ0n) is 16.9. The second kappa shape index (κ2) is 7.49. The summed E-state index contributed by atoms with van der Waals surface area (Å²) in [5.41, 5.74) is 5.12. The van der Waals surface area contributed by atoms with Gasteiger partial charge in [-0.2, -0.15) is 0 Å². The molecule has 3 aromatic rings. The molecule has 0 aromatic heterocycles. The summed E-state index contributed by atoms with van der Waals surface area (Å²) in [5, 5.41) is 1.45. The maximum absolute atomic E-state index is 13.8. The molecule has 0 saturated carbocycles. The minimum Gasteiger partial charge on any atom is -0.456 e. The van der Waals surface area contributed by atoms with E-state index in [1.54, 1.807) is 36.4 Å². The summed E-state index contributed by atoms with van der Waals surface area (Å²) in [7, 11) is 0. The molecule has 1 unspecified atom stereocenters. The Kier molecular flexibility index (Phi) is 4.66. The summed E-state index contributed by atoms with van der Waals surface area (Å²) in [5.74, 6) is -1.27. The van der Waals surface area contributed by atoms with E-state index < -0.39 is 11.9 Å². The number of halogens is 3. The molecule has 0 fully saturated rings. The van der Waals surface area contributed by atoms with Gasteiger partial charge in [0.1, 0.15) is 6.61 Å². The van der Waals surface area contributed by atoms with Gasteiger partial charge < -0.3 is 9.64 Å². The molecule has 1 atom stereocenters. The van der Waals surface area contributed by atoms with Crippen LogP contribution in [0.1, 0.15) is 27.4 Å². The van der Waals surface area contributed by atoms with Gasteiger partial charge in [0.2, 0.25) is 0 Å². The van der Waals surface area contributed by atoms with E-state index in [0.717, 1.165) is 16.9 Å². The molecular formula is C26H14Cl3NO3. The van der Waals surface area contributed by atoms with Crippen LogP contribution in [0.2, 0.25) is 15.1 Å². The maximum Gasteiger partial charge on any atom is 0.337 e. The molecule has 7 heteroatoms. The zero-order valence-corrected chi connectivity index (χ0v) is 19.2. The number of esters is 1. The number of fused-ring (bicyclic) bond motifs is 2. The summed E-state index contributed by atoms with van der Waals surface area (Å²) in [6, 6.07) is 19.8. The molecule has 2 aliphatic heterocycles. The van der Waals surface area contributed by atoms with Gasteiger partial charge in [0.25, 0.3) is 0 Å². The highest BCUT2D eigenvalue weighted by Crippen LogP contribution is 2.54. The van der Waals surface area contributed by atoms with Crippen molar-refractivity contribution in [3.8, 4) is 0 Å². The molecular weight excluding hydrogens is 481 g/mol. The minimum atomic E-state index is -0.668. The predicted molar refractivity (Wildman–Crippen MR) is 129 cm³/mol. The lowest BCUT2D eigenvalue weighted by Gasteiger charge is -2.35. The first kappa shape index (κ1) is 20.5. The van der Waals surface area contributed by atoms with Gasteiger partial charge in [-0.1, -0.05) is 65.1 Å². The lowest BCUT2D eigenvalue weighted by Crippen LogP contribution is -2.30. The molecule has 2 heterocycles. The Morgan fingerprint density at radius 2 is 1.52 bits per heavy atom. The lowest BCUT2D eigenvalue weighted by atomic mass is 9.79. The van der Waals surface area contributed by atoms with E-state index in [4.69, 9.17) is 39.5 Å². The van der Waals surface area contributed by atoms with Gasteiger partial charge in [-0.15, -0.1) is 0 Å². The van der Waals surface area contributed by atoms with Crippen LogP contribution in [0.4, 0.5) is 5.69 Å². The van der Waals surface area contributed by atoms with Gasteiger partial charge in [-0.05, 0) is 42.0 Å². The number of nitrogens with zero attached hydrogens (tertiary/aromatic N) is 1. The Bertz CT molecular complexity index is 1440. The monoisotopic (exact) mass is 493 g/mol. The van der Waals surface area contributed by atoms with E-state index in [-0.39, 0.29) is 12.4 Å². The topological polar surface area (TPSA) is 46.6 Å². The molecule has 0 N–H and O–H groups in total. The number of benzene rings is 3. The van der Waals surface area contributed by atoms with Gasteiger partial charge in [-0.25, -0.2) is 4.79 Å². The SMILES string of the molecule is O=C1OCC2=C1C(c1ccc(Cl)cc1Cl)C1=C(c3ccccc3C1=O)N2c1ccc(Cl)cc1. The molecule has 6 rings (SSSR count). The fourth-order valence-corrected chi connectivity index (χ4v) is 5.52. The Hall–Kier alpha value is -3.05. The van der Waals surface area contributed by atoms with Gasteiger partial charge in [0, 0.05) is 37.5 Å². The third kappa shape index (κ3) is 2.98. The molecule has 0 radical (unpaired) electrons. The van der Waals surface area contributed by atoms with E-state index in [2.05, 4.69) is 0 Å². The average Bonchev–Trinajstić information content (AvgIpc) is 3.32. The molecule has 0 saturated heterocycles. The van der Waals surface area contributed by atoms with E-state index in [0.29, 0.717) is 43.0 Å². The number of ketones is 1. The highest BCUT2D eigenvalue weighted by Gasteiger charge is 2.49. The number of allylic oxidation sites excluding steroid dienone is 1. The van der Waals surface area contributed by atoms with Gasteiger partial charge in [0.15, 0.2) is 5.78 Å². The highest BCUT2D eigenvalue weighted by atomic mass is 35.5. The van der Waals surface area contributed by atoms with Crippen molar-refractivity contribution in [2.24, 2.45) is 0 Å². The molecule has 4 nitrogen and oxygen atoms in total. The van der Waals surface area contributed by atoms with Gasteiger partial charge in [0.05, 0.1) is 22.9 Å². The molecule has 0 bridgehead atoms. The number of cyclic esters (lactones) is 1. The fourth-order valence-electron chi connectivity index (χ4n) is 4.87. The number of Topliss-reactive ketones (excluding diaryl/α,β-unsaturated/α-hetero) is 1. The van der Waals surface area contributed by atoms with Crippen molar-refractivity contribution in [1.29, 1.82) is 0 Å². The van der Waals surface area contributed by atoms with Crippen LogP contribution in [-0.2, 0) is 9.53 Å². The van der Waals surface area contributed by atoms with Crippen LogP contribution in [0.5, 0.6) is 0 Å².